The third-order valence-corrected chi connectivity index (χ3v) is 2.51. The van der Waals surface area contributed by atoms with E-state index in [4.69, 9.17) is 4.74 Å². The molecule has 86 valence electrons. The van der Waals surface area contributed by atoms with Gasteiger partial charge in [-0.3, -0.25) is 14.5 Å². The maximum absolute atomic E-state index is 11.0. The van der Waals surface area contributed by atoms with Gasteiger partial charge in [-0.15, -0.1) is 0 Å². The van der Waals surface area contributed by atoms with Crippen molar-refractivity contribution in [1.29, 1.82) is 0 Å². The van der Waals surface area contributed by atoms with Crippen molar-refractivity contribution in [3.05, 3.63) is 0 Å². The van der Waals surface area contributed by atoms with Crippen molar-refractivity contribution in [2.45, 2.75) is 32.6 Å². The average molecular weight is 213 g/mol. The molecule has 15 heavy (non-hydrogen) atoms. The van der Waals surface area contributed by atoms with Crippen molar-refractivity contribution in [2.75, 3.05) is 26.2 Å². The fourth-order valence-electron chi connectivity index (χ4n) is 1.73. The van der Waals surface area contributed by atoms with Gasteiger partial charge in [0.1, 0.15) is 18.8 Å². The highest BCUT2D eigenvalue weighted by Crippen LogP contribution is 2.07. The fraction of sp³-hybridized carbons (Fsp3) is 0.818. The first-order valence-corrected chi connectivity index (χ1v) is 5.56. The number of hydrogen-bond donors (Lipinski definition) is 0. The summed E-state index contributed by atoms with van der Waals surface area (Å²) < 4.78 is 4.95. The van der Waals surface area contributed by atoms with Crippen LogP contribution in [0, 0.1) is 0 Å². The summed E-state index contributed by atoms with van der Waals surface area (Å²) >= 11 is 0. The van der Waals surface area contributed by atoms with Crippen molar-refractivity contribution in [1.82, 2.24) is 4.90 Å². The maximum atomic E-state index is 11.0. The van der Waals surface area contributed by atoms with E-state index in [1.807, 2.05) is 0 Å². The van der Waals surface area contributed by atoms with Gasteiger partial charge in [0.05, 0.1) is 0 Å². The van der Waals surface area contributed by atoms with Crippen LogP contribution in [0.5, 0.6) is 0 Å². The van der Waals surface area contributed by atoms with Crippen molar-refractivity contribution in [3.8, 4) is 0 Å². The molecule has 4 nitrogen and oxygen atoms in total. The van der Waals surface area contributed by atoms with Crippen molar-refractivity contribution >= 4 is 11.8 Å². The number of Topliss-reactive ketones (excluding diaryl/α,β-unsaturated/α-hetero) is 1. The van der Waals surface area contributed by atoms with E-state index >= 15 is 0 Å². The Bertz CT molecular complexity index is 222. The Labute approximate surface area is 90.6 Å². The zero-order chi connectivity index (χ0) is 11.1. The van der Waals surface area contributed by atoms with Crippen LogP contribution < -0.4 is 0 Å². The zero-order valence-electron chi connectivity index (χ0n) is 9.33. The van der Waals surface area contributed by atoms with Gasteiger partial charge in [0.15, 0.2) is 0 Å². The molecule has 1 fully saturated rings. The topological polar surface area (TPSA) is 46.6 Å². The predicted molar refractivity (Wildman–Crippen MR) is 56.5 cm³/mol. The van der Waals surface area contributed by atoms with E-state index in [2.05, 4.69) is 4.90 Å². The molecule has 1 rings (SSSR count). The quantitative estimate of drug-likeness (QED) is 0.505. The van der Waals surface area contributed by atoms with Crippen LogP contribution in [0.15, 0.2) is 0 Å². The number of piperidine rings is 1. The van der Waals surface area contributed by atoms with Gasteiger partial charge >= 0.3 is 5.97 Å². The summed E-state index contributed by atoms with van der Waals surface area (Å²) in [6.45, 7) is 4.80. The number of ether oxygens (including phenoxy) is 1. The van der Waals surface area contributed by atoms with Crippen LogP contribution in [0.3, 0.4) is 0 Å². The Hall–Kier alpha value is -0.900. The van der Waals surface area contributed by atoms with Gasteiger partial charge < -0.3 is 4.74 Å². The summed E-state index contributed by atoms with van der Waals surface area (Å²) in [5, 5.41) is 0. The summed E-state index contributed by atoms with van der Waals surface area (Å²) in [4.78, 5) is 23.9. The second-order valence-corrected chi connectivity index (χ2v) is 4.00. The van der Waals surface area contributed by atoms with Crippen molar-refractivity contribution in [2.24, 2.45) is 0 Å². The number of ketones is 1. The molecule has 0 saturated carbocycles. The smallest absolute Gasteiger partial charge is 0.313 e. The first-order valence-electron chi connectivity index (χ1n) is 5.56. The van der Waals surface area contributed by atoms with Crippen molar-refractivity contribution < 1.29 is 14.3 Å². The summed E-state index contributed by atoms with van der Waals surface area (Å²) in [5.74, 6) is -0.544. The third kappa shape index (κ3) is 5.52. The van der Waals surface area contributed by atoms with Crippen LogP contribution in [0.25, 0.3) is 0 Å². The van der Waals surface area contributed by atoms with E-state index in [0.29, 0.717) is 6.61 Å². The molecule has 0 N–H and O–H groups in total. The van der Waals surface area contributed by atoms with Gasteiger partial charge in [-0.2, -0.15) is 0 Å². The number of carbonyl (C=O) groups excluding carboxylic acids is 2. The largest absolute Gasteiger partial charge is 0.464 e. The number of carbonyl (C=O) groups is 2. The molecule has 0 spiro atoms. The number of nitrogens with zero attached hydrogens (tertiary/aromatic N) is 1. The molecule has 0 amide bonds. The highest BCUT2D eigenvalue weighted by Gasteiger charge is 2.11. The molecule has 0 aromatic carbocycles. The Balaban J connectivity index is 2.04. The molecule has 0 radical (unpaired) electrons. The number of likely N-dealkylation sites (tertiary alicyclic amines) is 1. The molecule has 0 aliphatic carbocycles. The third-order valence-electron chi connectivity index (χ3n) is 2.51. The van der Waals surface area contributed by atoms with E-state index in [1.54, 1.807) is 0 Å². The van der Waals surface area contributed by atoms with E-state index in [9.17, 15) is 9.59 Å². The zero-order valence-corrected chi connectivity index (χ0v) is 9.33. The van der Waals surface area contributed by atoms with Crippen LogP contribution in [0.4, 0.5) is 0 Å². The Kier molecular flexibility index (Phi) is 5.32. The predicted octanol–water partition coefficient (Wildman–Crippen LogP) is 0.995. The number of esters is 1. The minimum Gasteiger partial charge on any atom is -0.464 e. The van der Waals surface area contributed by atoms with E-state index in [-0.39, 0.29) is 12.2 Å². The Morgan fingerprint density at radius 1 is 1.20 bits per heavy atom. The van der Waals surface area contributed by atoms with Crippen LogP contribution in [0.2, 0.25) is 0 Å². The lowest BCUT2D eigenvalue weighted by Crippen LogP contribution is -2.33. The van der Waals surface area contributed by atoms with Crippen LogP contribution in [-0.2, 0) is 14.3 Å². The average Bonchev–Trinajstić information content (AvgIpc) is 2.18. The summed E-state index contributed by atoms with van der Waals surface area (Å²) in [5.41, 5.74) is 0. The standard InChI is InChI=1S/C11H19NO3/c1-10(13)9-11(14)15-8-7-12-5-3-2-4-6-12/h2-9H2,1H3. The van der Waals surface area contributed by atoms with Gasteiger partial charge in [0.2, 0.25) is 0 Å². The first-order chi connectivity index (χ1) is 7.18. The summed E-state index contributed by atoms with van der Waals surface area (Å²) in [6, 6.07) is 0. The van der Waals surface area contributed by atoms with Gasteiger partial charge in [-0.05, 0) is 32.9 Å². The Morgan fingerprint density at radius 3 is 2.47 bits per heavy atom. The lowest BCUT2D eigenvalue weighted by atomic mass is 10.1. The molecule has 1 aliphatic heterocycles. The maximum Gasteiger partial charge on any atom is 0.313 e. The van der Waals surface area contributed by atoms with Gasteiger partial charge in [-0.1, -0.05) is 6.42 Å². The second-order valence-electron chi connectivity index (χ2n) is 4.00. The number of hydrogen-bond acceptors (Lipinski definition) is 4. The molecule has 0 unspecified atom stereocenters. The van der Waals surface area contributed by atoms with Gasteiger partial charge in [0.25, 0.3) is 0 Å². The molecule has 0 bridgehead atoms. The second kappa shape index (κ2) is 6.56. The van der Waals surface area contributed by atoms with Crippen molar-refractivity contribution in [3.63, 3.8) is 0 Å². The molecule has 1 saturated heterocycles. The highest BCUT2D eigenvalue weighted by atomic mass is 16.5. The SMILES string of the molecule is CC(=O)CC(=O)OCCN1CCCCC1. The molecule has 1 heterocycles. The molecule has 0 atom stereocenters. The van der Waals surface area contributed by atoms with Gasteiger partial charge in [0, 0.05) is 6.54 Å². The molecule has 1 aliphatic rings. The first kappa shape index (κ1) is 12.2. The number of rotatable bonds is 5. The minimum absolute atomic E-state index is 0.0972. The van der Waals surface area contributed by atoms with E-state index < -0.39 is 5.97 Å². The Morgan fingerprint density at radius 2 is 1.87 bits per heavy atom. The van der Waals surface area contributed by atoms with E-state index in [0.717, 1.165) is 19.6 Å². The molecule has 0 aromatic heterocycles. The lowest BCUT2D eigenvalue weighted by Gasteiger charge is -2.25. The molecule has 4 heteroatoms. The highest BCUT2D eigenvalue weighted by molar-refractivity contribution is 5.94. The molecular weight excluding hydrogens is 194 g/mol. The fourth-order valence-corrected chi connectivity index (χ4v) is 1.73. The minimum atomic E-state index is -0.403. The van der Waals surface area contributed by atoms with Crippen LogP contribution in [0.1, 0.15) is 32.6 Å². The lowest BCUT2D eigenvalue weighted by molar-refractivity contribution is -0.146. The summed E-state index contributed by atoms with van der Waals surface area (Å²) in [7, 11) is 0. The normalized spacial score (nSPS) is 17.4. The summed E-state index contributed by atoms with van der Waals surface area (Å²) in [6.07, 6.45) is 3.68. The molecule has 0 aromatic rings. The van der Waals surface area contributed by atoms with E-state index in [1.165, 1.54) is 26.2 Å². The molecular formula is C11H19NO3. The van der Waals surface area contributed by atoms with Gasteiger partial charge in [-0.25, -0.2) is 0 Å². The monoisotopic (exact) mass is 213 g/mol. The van der Waals surface area contributed by atoms with Crippen LogP contribution >= 0.6 is 0 Å². The van der Waals surface area contributed by atoms with Crippen LogP contribution in [-0.4, -0.2) is 42.9 Å².